The van der Waals surface area contributed by atoms with Crippen LogP contribution in [0.15, 0.2) is 17.2 Å². The van der Waals surface area contributed by atoms with Crippen molar-refractivity contribution in [1.29, 1.82) is 0 Å². The van der Waals surface area contributed by atoms with Crippen molar-refractivity contribution < 1.29 is 4.92 Å². The van der Waals surface area contributed by atoms with Gasteiger partial charge in [0, 0.05) is 11.6 Å². The van der Waals surface area contributed by atoms with Gasteiger partial charge in [-0.1, -0.05) is 33.1 Å². The molecule has 0 aliphatic rings. The highest BCUT2D eigenvalue weighted by Crippen LogP contribution is 2.29. The molecule has 2 aromatic rings. The van der Waals surface area contributed by atoms with Crippen molar-refractivity contribution in [2.24, 2.45) is 5.10 Å². The van der Waals surface area contributed by atoms with E-state index in [1.165, 1.54) is 18.3 Å². The molecule has 0 fully saturated rings. The summed E-state index contributed by atoms with van der Waals surface area (Å²) in [5.74, 6) is -0.0316. The first-order chi connectivity index (χ1) is 8.99. The number of nitro benzene ring substituents is 1. The van der Waals surface area contributed by atoms with E-state index in [0.717, 1.165) is 4.79 Å². The van der Waals surface area contributed by atoms with Gasteiger partial charge in [-0.3, -0.25) is 10.1 Å². The van der Waals surface area contributed by atoms with E-state index in [0.29, 0.717) is 0 Å². The zero-order valence-corrected chi connectivity index (χ0v) is 10.6. The van der Waals surface area contributed by atoms with E-state index in [-0.39, 0.29) is 27.2 Å². The number of nitrogen functional groups attached to an aromatic ring is 1. The van der Waals surface area contributed by atoms with Crippen molar-refractivity contribution in [3.63, 3.8) is 0 Å². The van der Waals surface area contributed by atoms with Gasteiger partial charge in [0.1, 0.15) is 5.02 Å². The number of rotatable bonds is 3. The highest BCUT2D eigenvalue weighted by Gasteiger charge is 2.15. The van der Waals surface area contributed by atoms with Gasteiger partial charge in [-0.2, -0.15) is 5.10 Å². The van der Waals surface area contributed by atoms with Gasteiger partial charge in [-0.15, -0.1) is 0 Å². The van der Waals surface area contributed by atoms with Crippen molar-refractivity contribution in [2.75, 3.05) is 5.73 Å². The smallest absolute Gasteiger partial charge is 0.288 e. The molecule has 1 aromatic heterocycles. The van der Waals surface area contributed by atoms with Crippen LogP contribution in [0, 0.1) is 10.1 Å². The molecule has 0 saturated carbocycles. The first kappa shape index (κ1) is 13.2. The Morgan fingerprint density at radius 3 is 2.74 bits per heavy atom. The van der Waals surface area contributed by atoms with E-state index in [1.807, 2.05) is 0 Å². The summed E-state index contributed by atoms with van der Waals surface area (Å²) >= 11 is 11.6. The van der Waals surface area contributed by atoms with Gasteiger partial charge in [0.05, 0.1) is 16.2 Å². The molecule has 19 heavy (non-hydrogen) atoms. The molecule has 2 N–H and O–H groups in total. The first-order valence-electron chi connectivity index (χ1n) is 4.70. The Morgan fingerprint density at radius 2 is 2.16 bits per heavy atom. The second kappa shape index (κ2) is 5.16. The lowest BCUT2D eigenvalue weighted by molar-refractivity contribution is -0.384. The molecule has 0 unspecified atom stereocenters. The quantitative estimate of drug-likeness (QED) is 0.518. The minimum Gasteiger partial charge on any atom is -0.365 e. The SMILES string of the molecule is Nc1nnnn1/N=C/c1cc([N+](=O)[O-])c(Cl)cc1Cl. The molecule has 0 amide bonds. The zero-order chi connectivity index (χ0) is 14.0. The maximum atomic E-state index is 10.7. The summed E-state index contributed by atoms with van der Waals surface area (Å²) in [6.07, 6.45) is 1.23. The predicted octanol–water partition coefficient (Wildman–Crippen LogP) is 1.35. The lowest BCUT2D eigenvalue weighted by atomic mass is 10.2. The summed E-state index contributed by atoms with van der Waals surface area (Å²) in [6.45, 7) is 0. The van der Waals surface area contributed by atoms with Gasteiger partial charge in [0.15, 0.2) is 0 Å². The van der Waals surface area contributed by atoms with Gasteiger partial charge in [0.2, 0.25) is 0 Å². The Hall–Kier alpha value is -2.26. The molecule has 0 aliphatic carbocycles. The summed E-state index contributed by atoms with van der Waals surface area (Å²) < 4.78 is 0. The normalized spacial score (nSPS) is 11.1. The van der Waals surface area contributed by atoms with Crippen LogP contribution in [0.5, 0.6) is 0 Å². The largest absolute Gasteiger partial charge is 0.365 e. The number of halogens is 2. The van der Waals surface area contributed by atoms with Crippen molar-refractivity contribution in [3.05, 3.63) is 37.9 Å². The van der Waals surface area contributed by atoms with Crippen LogP contribution in [-0.4, -0.2) is 31.5 Å². The van der Waals surface area contributed by atoms with E-state index in [1.54, 1.807) is 0 Å². The maximum absolute atomic E-state index is 10.7. The van der Waals surface area contributed by atoms with Crippen molar-refractivity contribution in [3.8, 4) is 0 Å². The van der Waals surface area contributed by atoms with E-state index >= 15 is 0 Å². The lowest BCUT2D eigenvalue weighted by Crippen LogP contribution is -2.00. The Bertz CT molecular complexity index is 669. The van der Waals surface area contributed by atoms with E-state index in [9.17, 15) is 10.1 Å². The predicted molar refractivity (Wildman–Crippen MR) is 68.3 cm³/mol. The molecule has 9 nitrogen and oxygen atoms in total. The van der Waals surface area contributed by atoms with Crippen LogP contribution in [0.4, 0.5) is 11.6 Å². The Labute approximate surface area is 115 Å². The Balaban J connectivity index is 2.40. The van der Waals surface area contributed by atoms with Crippen LogP contribution >= 0.6 is 23.2 Å². The van der Waals surface area contributed by atoms with Gasteiger partial charge in [0.25, 0.3) is 11.6 Å². The zero-order valence-electron chi connectivity index (χ0n) is 9.07. The van der Waals surface area contributed by atoms with Crippen LogP contribution < -0.4 is 5.73 Å². The molecule has 0 bridgehead atoms. The van der Waals surface area contributed by atoms with Gasteiger partial charge in [-0.05, 0) is 16.5 Å². The molecule has 0 spiro atoms. The fourth-order valence-corrected chi connectivity index (χ4v) is 1.68. The number of anilines is 1. The van der Waals surface area contributed by atoms with E-state index in [2.05, 4.69) is 20.6 Å². The summed E-state index contributed by atoms with van der Waals surface area (Å²) in [7, 11) is 0. The molecule has 1 heterocycles. The summed E-state index contributed by atoms with van der Waals surface area (Å²) in [5, 5.41) is 24.9. The highest BCUT2D eigenvalue weighted by atomic mass is 35.5. The van der Waals surface area contributed by atoms with Crippen LogP contribution in [0.3, 0.4) is 0 Å². The monoisotopic (exact) mass is 301 g/mol. The van der Waals surface area contributed by atoms with Crippen LogP contribution in [0.1, 0.15) is 5.56 Å². The second-order valence-corrected chi connectivity index (χ2v) is 4.07. The van der Waals surface area contributed by atoms with Crippen LogP contribution in [0.2, 0.25) is 10.0 Å². The average molecular weight is 302 g/mol. The molecule has 2 rings (SSSR count). The Morgan fingerprint density at radius 1 is 1.42 bits per heavy atom. The molecular formula is C8H5Cl2N7O2. The third-order valence-electron chi connectivity index (χ3n) is 2.05. The summed E-state index contributed by atoms with van der Waals surface area (Å²) in [4.78, 5) is 11.1. The molecule has 11 heteroatoms. The van der Waals surface area contributed by atoms with Crippen molar-refractivity contribution >= 4 is 41.1 Å². The third-order valence-corrected chi connectivity index (χ3v) is 2.68. The first-order valence-corrected chi connectivity index (χ1v) is 5.46. The molecular weight excluding hydrogens is 297 g/mol. The van der Waals surface area contributed by atoms with E-state index in [4.69, 9.17) is 28.9 Å². The number of hydrogen-bond acceptors (Lipinski definition) is 7. The minimum atomic E-state index is -0.624. The average Bonchev–Trinajstić information content (AvgIpc) is 2.73. The van der Waals surface area contributed by atoms with Crippen molar-refractivity contribution in [1.82, 2.24) is 20.3 Å². The van der Waals surface area contributed by atoms with Crippen LogP contribution in [-0.2, 0) is 0 Å². The van der Waals surface area contributed by atoms with Crippen molar-refractivity contribution in [2.45, 2.75) is 0 Å². The number of aromatic nitrogens is 4. The van der Waals surface area contributed by atoms with E-state index < -0.39 is 4.92 Å². The number of tetrazole rings is 1. The number of hydrogen-bond donors (Lipinski definition) is 1. The molecule has 1 aromatic carbocycles. The molecule has 0 radical (unpaired) electrons. The fraction of sp³-hybridized carbons (Fsp3) is 0. The highest BCUT2D eigenvalue weighted by molar-refractivity contribution is 6.37. The standard InChI is InChI=1S/C8H5Cl2N7O2/c9-5-2-6(10)7(17(18)19)1-4(5)3-12-16-8(11)13-14-15-16/h1-3H,(H2,11,13,15)/b12-3+. The minimum absolute atomic E-state index is 0.0316. The third kappa shape index (κ3) is 2.77. The fourth-order valence-electron chi connectivity index (χ4n) is 1.18. The Kier molecular flexibility index (Phi) is 3.58. The van der Waals surface area contributed by atoms with Gasteiger partial charge in [-0.25, -0.2) is 0 Å². The molecule has 0 saturated heterocycles. The second-order valence-electron chi connectivity index (χ2n) is 3.25. The summed E-state index contributed by atoms with van der Waals surface area (Å²) in [6, 6.07) is 2.44. The molecule has 0 aliphatic heterocycles. The van der Waals surface area contributed by atoms with Crippen LogP contribution in [0.25, 0.3) is 0 Å². The van der Waals surface area contributed by atoms with Gasteiger partial charge < -0.3 is 5.73 Å². The number of nitrogens with zero attached hydrogens (tertiary/aromatic N) is 6. The molecule has 98 valence electrons. The van der Waals surface area contributed by atoms with Gasteiger partial charge >= 0.3 is 0 Å². The molecule has 0 atom stereocenters. The topological polar surface area (TPSA) is 125 Å². The lowest BCUT2D eigenvalue weighted by Gasteiger charge is -2.00. The number of benzene rings is 1. The number of nitro groups is 1. The maximum Gasteiger partial charge on any atom is 0.288 e. The number of nitrogens with two attached hydrogens (primary N) is 1. The summed E-state index contributed by atoms with van der Waals surface area (Å²) in [5.41, 5.74) is 5.40.